The lowest BCUT2D eigenvalue weighted by molar-refractivity contribution is -0.140. The van der Waals surface area contributed by atoms with Crippen LogP contribution in [-0.2, 0) is 4.79 Å². The fourth-order valence-corrected chi connectivity index (χ4v) is 8.30. The molecule has 26 heavy (non-hydrogen) atoms. The SMILES string of the molecule is CN(C(=O)CCl)C1CCC2C3CC[C@H]4CC(O)CC[C@]4(C)C3CC[C@@]21C. The number of fused-ring (bicyclic) bond motifs is 5. The monoisotopic (exact) mass is 381 g/mol. The molecule has 0 aromatic heterocycles. The normalized spacial score (nSPS) is 50.5. The van der Waals surface area contributed by atoms with Gasteiger partial charge in [-0.1, -0.05) is 13.8 Å². The molecular weight excluding hydrogens is 346 g/mol. The number of aliphatic hydroxyl groups is 1. The van der Waals surface area contributed by atoms with E-state index in [0.717, 1.165) is 42.9 Å². The van der Waals surface area contributed by atoms with Gasteiger partial charge in [0.05, 0.1) is 6.10 Å². The van der Waals surface area contributed by atoms with Gasteiger partial charge in [-0.25, -0.2) is 0 Å². The summed E-state index contributed by atoms with van der Waals surface area (Å²) >= 11 is 5.85. The number of hydrogen-bond acceptors (Lipinski definition) is 2. The number of halogens is 1. The quantitative estimate of drug-likeness (QED) is 0.717. The van der Waals surface area contributed by atoms with Crippen molar-refractivity contribution in [1.82, 2.24) is 4.90 Å². The summed E-state index contributed by atoms with van der Waals surface area (Å²) in [5.41, 5.74) is 0.689. The van der Waals surface area contributed by atoms with E-state index < -0.39 is 0 Å². The van der Waals surface area contributed by atoms with E-state index in [2.05, 4.69) is 13.8 Å². The molecule has 8 atom stereocenters. The van der Waals surface area contributed by atoms with E-state index in [-0.39, 0.29) is 23.3 Å². The number of alkyl halides is 1. The minimum absolute atomic E-state index is 0.0652. The van der Waals surface area contributed by atoms with Crippen molar-refractivity contribution in [3.05, 3.63) is 0 Å². The van der Waals surface area contributed by atoms with Crippen LogP contribution in [0.2, 0.25) is 0 Å². The first kappa shape index (κ1) is 19.1. The zero-order valence-corrected chi connectivity index (χ0v) is 17.5. The summed E-state index contributed by atoms with van der Waals surface area (Å²) in [7, 11) is 1.97. The van der Waals surface area contributed by atoms with E-state index in [1.807, 2.05) is 11.9 Å². The second-order valence-electron chi connectivity index (χ2n) is 10.4. The minimum atomic E-state index is -0.0652. The first-order valence-electron chi connectivity index (χ1n) is 10.8. The van der Waals surface area contributed by atoms with Crippen LogP contribution in [0.3, 0.4) is 0 Å². The molecule has 3 nitrogen and oxygen atoms in total. The van der Waals surface area contributed by atoms with Crippen molar-refractivity contribution < 1.29 is 9.90 Å². The van der Waals surface area contributed by atoms with Gasteiger partial charge < -0.3 is 10.0 Å². The van der Waals surface area contributed by atoms with E-state index in [0.29, 0.717) is 11.5 Å². The molecule has 5 unspecified atom stereocenters. The van der Waals surface area contributed by atoms with E-state index in [1.54, 1.807) is 0 Å². The average Bonchev–Trinajstić information content (AvgIpc) is 2.98. The summed E-state index contributed by atoms with van der Waals surface area (Å²) in [6.45, 7) is 5.00. The maximum absolute atomic E-state index is 12.2. The average molecular weight is 382 g/mol. The zero-order valence-electron chi connectivity index (χ0n) is 16.7. The van der Waals surface area contributed by atoms with E-state index >= 15 is 0 Å². The number of rotatable bonds is 2. The predicted octanol–water partition coefficient (Wildman–Crippen LogP) is 4.46. The Morgan fingerprint density at radius 2 is 1.73 bits per heavy atom. The van der Waals surface area contributed by atoms with Gasteiger partial charge in [-0.2, -0.15) is 0 Å². The Bertz CT molecular complexity index is 568. The Hall–Kier alpha value is -0.280. The van der Waals surface area contributed by atoms with Crippen LogP contribution in [0.25, 0.3) is 0 Å². The van der Waals surface area contributed by atoms with Gasteiger partial charge in [-0.05, 0) is 92.3 Å². The van der Waals surface area contributed by atoms with E-state index in [4.69, 9.17) is 11.6 Å². The minimum Gasteiger partial charge on any atom is -0.393 e. The van der Waals surface area contributed by atoms with Gasteiger partial charge in [0.25, 0.3) is 0 Å². The molecule has 0 radical (unpaired) electrons. The van der Waals surface area contributed by atoms with Crippen molar-refractivity contribution in [1.29, 1.82) is 0 Å². The largest absolute Gasteiger partial charge is 0.393 e. The Labute approximate surface area is 163 Å². The highest BCUT2D eigenvalue weighted by Crippen LogP contribution is 2.66. The smallest absolute Gasteiger partial charge is 0.237 e. The second-order valence-corrected chi connectivity index (χ2v) is 10.6. The lowest BCUT2D eigenvalue weighted by atomic mass is 9.45. The highest BCUT2D eigenvalue weighted by molar-refractivity contribution is 6.27. The standard InChI is InChI=1S/C22H36ClNO2/c1-21-10-8-15(25)12-14(21)4-5-16-17-6-7-19(24(3)20(26)13-23)22(17,2)11-9-18(16)21/h14-19,25H,4-13H2,1-3H3/t14-,15?,16?,17?,18?,19?,21-,22-/m0/s1. The Balaban J connectivity index is 1.57. The fourth-order valence-electron chi connectivity index (χ4n) is 8.11. The van der Waals surface area contributed by atoms with Crippen molar-refractivity contribution in [2.24, 2.45) is 34.5 Å². The van der Waals surface area contributed by atoms with Gasteiger partial charge in [-0.3, -0.25) is 4.79 Å². The number of hydrogen-bond donors (Lipinski definition) is 1. The van der Waals surface area contributed by atoms with Crippen LogP contribution in [0.1, 0.15) is 71.6 Å². The summed E-state index contributed by atoms with van der Waals surface area (Å²) in [6, 6.07) is 0.360. The van der Waals surface area contributed by atoms with Gasteiger partial charge in [-0.15, -0.1) is 11.6 Å². The van der Waals surface area contributed by atoms with Crippen LogP contribution in [0.5, 0.6) is 0 Å². The number of carbonyl (C=O) groups is 1. The van der Waals surface area contributed by atoms with Crippen molar-refractivity contribution in [3.63, 3.8) is 0 Å². The first-order chi connectivity index (χ1) is 12.3. The van der Waals surface area contributed by atoms with Crippen molar-refractivity contribution in [2.45, 2.75) is 83.8 Å². The molecular formula is C22H36ClNO2. The summed E-state index contributed by atoms with van der Waals surface area (Å²) in [6.07, 6.45) is 10.7. The van der Waals surface area contributed by atoms with E-state index in [1.165, 1.54) is 38.5 Å². The van der Waals surface area contributed by atoms with Gasteiger partial charge in [0.15, 0.2) is 0 Å². The molecule has 0 spiro atoms. The Morgan fingerprint density at radius 3 is 2.46 bits per heavy atom. The Morgan fingerprint density at radius 1 is 1.04 bits per heavy atom. The summed E-state index contributed by atoms with van der Waals surface area (Å²) in [4.78, 5) is 14.2. The molecule has 0 aliphatic heterocycles. The number of nitrogens with zero attached hydrogens (tertiary/aromatic N) is 1. The molecule has 4 saturated carbocycles. The van der Waals surface area contributed by atoms with Crippen molar-refractivity contribution in [3.8, 4) is 0 Å². The third-order valence-electron chi connectivity index (χ3n) is 9.56. The molecule has 0 aromatic carbocycles. The summed E-state index contributed by atoms with van der Waals surface area (Å²) in [5, 5.41) is 10.2. The van der Waals surface area contributed by atoms with Crippen LogP contribution in [0.15, 0.2) is 0 Å². The van der Waals surface area contributed by atoms with Crippen LogP contribution >= 0.6 is 11.6 Å². The molecule has 0 saturated heterocycles. The third-order valence-corrected chi connectivity index (χ3v) is 9.79. The van der Waals surface area contributed by atoms with E-state index in [9.17, 15) is 9.90 Å². The topological polar surface area (TPSA) is 40.5 Å². The van der Waals surface area contributed by atoms with Crippen molar-refractivity contribution in [2.75, 3.05) is 12.9 Å². The number of aliphatic hydroxyl groups excluding tert-OH is 1. The molecule has 4 heteroatoms. The molecule has 0 heterocycles. The molecule has 4 rings (SSSR count). The molecule has 1 N–H and O–H groups in total. The predicted molar refractivity (Wildman–Crippen MR) is 105 cm³/mol. The summed E-state index contributed by atoms with van der Waals surface area (Å²) in [5.74, 6) is 3.28. The molecule has 4 fully saturated rings. The third kappa shape index (κ3) is 2.67. The second kappa shape index (κ2) is 6.65. The maximum atomic E-state index is 12.2. The van der Waals surface area contributed by atoms with Crippen LogP contribution in [0.4, 0.5) is 0 Å². The number of carbonyl (C=O) groups excluding carboxylic acids is 1. The lowest BCUT2D eigenvalue weighted by Gasteiger charge is -2.61. The van der Waals surface area contributed by atoms with Gasteiger partial charge in [0, 0.05) is 13.1 Å². The molecule has 0 aromatic rings. The van der Waals surface area contributed by atoms with Gasteiger partial charge in [0.2, 0.25) is 5.91 Å². The fraction of sp³-hybridized carbons (Fsp3) is 0.955. The number of amides is 1. The molecule has 4 aliphatic carbocycles. The Kier molecular flexibility index (Phi) is 4.88. The van der Waals surface area contributed by atoms with Gasteiger partial charge in [0.1, 0.15) is 5.88 Å². The maximum Gasteiger partial charge on any atom is 0.237 e. The van der Waals surface area contributed by atoms with Gasteiger partial charge >= 0.3 is 0 Å². The first-order valence-corrected chi connectivity index (χ1v) is 11.3. The molecule has 0 bridgehead atoms. The lowest BCUT2D eigenvalue weighted by Crippen LogP contribution is -2.56. The van der Waals surface area contributed by atoms with Crippen LogP contribution < -0.4 is 0 Å². The van der Waals surface area contributed by atoms with Crippen LogP contribution in [-0.4, -0.2) is 41.0 Å². The molecule has 1 amide bonds. The highest BCUT2D eigenvalue weighted by atomic mass is 35.5. The summed E-state index contributed by atoms with van der Waals surface area (Å²) < 4.78 is 0. The highest BCUT2D eigenvalue weighted by Gasteiger charge is 2.60. The van der Waals surface area contributed by atoms with Crippen molar-refractivity contribution >= 4 is 17.5 Å². The molecule has 4 aliphatic rings. The van der Waals surface area contributed by atoms with Crippen LogP contribution in [0, 0.1) is 34.5 Å². The molecule has 148 valence electrons. The zero-order chi connectivity index (χ0) is 18.7.